The number of aliphatic hydroxyl groups is 1. The summed E-state index contributed by atoms with van der Waals surface area (Å²) >= 11 is 0. The second kappa shape index (κ2) is 6.06. The molecule has 1 saturated carbocycles. The van der Waals surface area contributed by atoms with E-state index in [1.54, 1.807) is 12.1 Å². The summed E-state index contributed by atoms with van der Waals surface area (Å²) in [5.74, 6) is 0.0710. The standard InChI is InChI=1S/C15H22N2O2/c1-10-6-7-12(16)8-13(10)15(19)17-9-11-4-2-3-5-14(11)18/h6-8,11,14,18H,2-5,9,16H2,1H3,(H,17,19). The van der Waals surface area contributed by atoms with Crippen molar-refractivity contribution in [3.63, 3.8) is 0 Å². The Kier molecular flexibility index (Phi) is 4.43. The first kappa shape index (κ1) is 13.9. The number of aryl methyl sites for hydroxylation is 1. The van der Waals surface area contributed by atoms with E-state index in [4.69, 9.17) is 5.73 Å². The Bertz CT molecular complexity index is 459. The number of nitrogens with one attached hydrogen (secondary N) is 1. The Morgan fingerprint density at radius 2 is 2.16 bits per heavy atom. The molecule has 0 radical (unpaired) electrons. The molecule has 4 nitrogen and oxygen atoms in total. The van der Waals surface area contributed by atoms with E-state index in [1.807, 2.05) is 13.0 Å². The molecule has 4 heteroatoms. The molecule has 1 amide bonds. The third-order valence-corrected chi connectivity index (χ3v) is 3.90. The fraction of sp³-hybridized carbons (Fsp3) is 0.533. The maximum Gasteiger partial charge on any atom is 0.251 e. The molecule has 1 aromatic rings. The molecule has 1 aliphatic rings. The lowest BCUT2D eigenvalue weighted by Crippen LogP contribution is -2.36. The second-order valence-corrected chi connectivity index (χ2v) is 5.40. The number of hydrogen-bond acceptors (Lipinski definition) is 3. The van der Waals surface area contributed by atoms with Crippen LogP contribution in [0.1, 0.15) is 41.6 Å². The Morgan fingerprint density at radius 1 is 1.42 bits per heavy atom. The predicted octanol–water partition coefficient (Wildman–Crippen LogP) is 1.86. The number of aliphatic hydroxyl groups excluding tert-OH is 1. The van der Waals surface area contributed by atoms with Gasteiger partial charge < -0.3 is 16.2 Å². The molecule has 0 spiro atoms. The van der Waals surface area contributed by atoms with E-state index in [0.717, 1.165) is 31.2 Å². The van der Waals surface area contributed by atoms with Crippen LogP contribution in [0.2, 0.25) is 0 Å². The monoisotopic (exact) mass is 262 g/mol. The number of carbonyl (C=O) groups excluding carboxylic acids is 1. The van der Waals surface area contributed by atoms with Crippen molar-refractivity contribution < 1.29 is 9.90 Å². The average molecular weight is 262 g/mol. The van der Waals surface area contributed by atoms with Crippen molar-refractivity contribution in [1.29, 1.82) is 0 Å². The van der Waals surface area contributed by atoms with Crippen molar-refractivity contribution >= 4 is 11.6 Å². The number of benzene rings is 1. The molecule has 0 saturated heterocycles. The van der Waals surface area contributed by atoms with Crippen LogP contribution in [0.5, 0.6) is 0 Å². The predicted molar refractivity (Wildman–Crippen MR) is 75.9 cm³/mol. The first-order valence-corrected chi connectivity index (χ1v) is 6.90. The van der Waals surface area contributed by atoms with Gasteiger partial charge in [0.25, 0.3) is 5.91 Å². The number of amides is 1. The lowest BCUT2D eigenvalue weighted by molar-refractivity contribution is 0.0663. The molecular weight excluding hydrogens is 240 g/mol. The molecule has 0 heterocycles. The van der Waals surface area contributed by atoms with Crippen LogP contribution in [-0.4, -0.2) is 23.7 Å². The number of nitrogens with two attached hydrogens (primary N) is 1. The molecule has 4 N–H and O–H groups in total. The molecule has 19 heavy (non-hydrogen) atoms. The number of anilines is 1. The van der Waals surface area contributed by atoms with Crippen LogP contribution in [0.15, 0.2) is 18.2 Å². The summed E-state index contributed by atoms with van der Waals surface area (Å²) in [7, 11) is 0. The molecule has 1 aromatic carbocycles. The van der Waals surface area contributed by atoms with Gasteiger partial charge in [0.2, 0.25) is 0 Å². The summed E-state index contributed by atoms with van der Waals surface area (Å²) in [6.45, 7) is 2.43. The molecule has 1 aliphatic carbocycles. The van der Waals surface area contributed by atoms with Crippen molar-refractivity contribution in [2.45, 2.75) is 38.7 Å². The van der Waals surface area contributed by atoms with Gasteiger partial charge in [0.05, 0.1) is 6.10 Å². The zero-order valence-corrected chi connectivity index (χ0v) is 11.4. The van der Waals surface area contributed by atoms with Crippen LogP contribution in [0.25, 0.3) is 0 Å². The molecule has 2 atom stereocenters. The van der Waals surface area contributed by atoms with Crippen molar-refractivity contribution in [2.24, 2.45) is 5.92 Å². The summed E-state index contributed by atoms with van der Waals surface area (Å²) < 4.78 is 0. The van der Waals surface area contributed by atoms with Gasteiger partial charge in [0.1, 0.15) is 0 Å². The number of hydrogen-bond donors (Lipinski definition) is 3. The largest absolute Gasteiger partial charge is 0.399 e. The van der Waals surface area contributed by atoms with Gasteiger partial charge in [0, 0.05) is 23.7 Å². The molecule has 0 aliphatic heterocycles. The fourth-order valence-electron chi connectivity index (χ4n) is 2.63. The Morgan fingerprint density at radius 3 is 2.89 bits per heavy atom. The topological polar surface area (TPSA) is 75.4 Å². The first-order valence-electron chi connectivity index (χ1n) is 6.90. The fourth-order valence-corrected chi connectivity index (χ4v) is 2.63. The van der Waals surface area contributed by atoms with Gasteiger partial charge in [-0.25, -0.2) is 0 Å². The van der Waals surface area contributed by atoms with Crippen molar-refractivity contribution in [2.75, 3.05) is 12.3 Å². The van der Waals surface area contributed by atoms with Crippen LogP contribution in [0, 0.1) is 12.8 Å². The maximum absolute atomic E-state index is 12.1. The SMILES string of the molecule is Cc1ccc(N)cc1C(=O)NCC1CCCCC1O. The van der Waals surface area contributed by atoms with Gasteiger partial charge in [-0.1, -0.05) is 18.9 Å². The quantitative estimate of drug-likeness (QED) is 0.728. The highest BCUT2D eigenvalue weighted by Gasteiger charge is 2.23. The van der Waals surface area contributed by atoms with E-state index >= 15 is 0 Å². The van der Waals surface area contributed by atoms with Gasteiger partial charge in [-0.05, 0) is 37.5 Å². The third-order valence-electron chi connectivity index (χ3n) is 3.90. The summed E-state index contributed by atoms with van der Waals surface area (Å²) in [5.41, 5.74) is 7.83. The first-order chi connectivity index (χ1) is 9.08. The van der Waals surface area contributed by atoms with E-state index in [0.29, 0.717) is 17.8 Å². The Balaban J connectivity index is 1.95. The van der Waals surface area contributed by atoms with Crippen molar-refractivity contribution in [1.82, 2.24) is 5.32 Å². The van der Waals surface area contributed by atoms with Crippen molar-refractivity contribution in [3.05, 3.63) is 29.3 Å². The summed E-state index contributed by atoms with van der Waals surface area (Å²) in [4.78, 5) is 12.1. The van der Waals surface area contributed by atoms with Gasteiger partial charge in [-0.3, -0.25) is 4.79 Å². The average Bonchev–Trinajstić information content (AvgIpc) is 2.40. The molecule has 2 unspecified atom stereocenters. The van der Waals surface area contributed by atoms with Gasteiger partial charge in [0.15, 0.2) is 0 Å². The van der Waals surface area contributed by atoms with Crippen LogP contribution in [-0.2, 0) is 0 Å². The minimum Gasteiger partial charge on any atom is -0.399 e. The van der Waals surface area contributed by atoms with E-state index in [2.05, 4.69) is 5.32 Å². The molecule has 0 bridgehead atoms. The summed E-state index contributed by atoms with van der Waals surface area (Å²) in [6, 6.07) is 5.33. The number of rotatable bonds is 3. The van der Waals surface area contributed by atoms with E-state index in [-0.39, 0.29) is 17.9 Å². The minimum atomic E-state index is -0.281. The summed E-state index contributed by atoms with van der Waals surface area (Å²) in [6.07, 6.45) is 3.76. The molecule has 104 valence electrons. The molecule has 2 rings (SSSR count). The minimum absolute atomic E-state index is 0.109. The molecule has 0 aromatic heterocycles. The normalized spacial score (nSPS) is 23.1. The highest BCUT2D eigenvalue weighted by atomic mass is 16.3. The number of carbonyl (C=O) groups is 1. The van der Waals surface area contributed by atoms with Crippen LogP contribution < -0.4 is 11.1 Å². The highest BCUT2D eigenvalue weighted by Crippen LogP contribution is 2.23. The van der Waals surface area contributed by atoms with Gasteiger partial charge >= 0.3 is 0 Å². The lowest BCUT2D eigenvalue weighted by Gasteiger charge is -2.27. The Hall–Kier alpha value is -1.55. The van der Waals surface area contributed by atoms with Gasteiger partial charge in [-0.2, -0.15) is 0 Å². The smallest absolute Gasteiger partial charge is 0.251 e. The van der Waals surface area contributed by atoms with Gasteiger partial charge in [-0.15, -0.1) is 0 Å². The van der Waals surface area contributed by atoms with Crippen LogP contribution >= 0.6 is 0 Å². The molecule has 1 fully saturated rings. The third kappa shape index (κ3) is 3.47. The van der Waals surface area contributed by atoms with E-state index in [9.17, 15) is 9.90 Å². The zero-order valence-electron chi connectivity index (χ0n) is 11.4. The van der Waals surface area contributed by atoms with Crippen molar-refractivity contribution in [3.8, 4) is 0 Å². The second-order valence-electron chi connectivity index (χ2n) is 5.40. The highest BCUT2D eigenvalue weighted by molar-refractivity contribution is 5.96. The van der Waals surface area contributed by atoms with Crippen LogP contribution in [0.4, 0.5) is 5.69 Å². The zero-order chi connectivity index (χ0) is 13.8. The van der Waals surface area contributed by atoms with Crippen LogP contribution in [0.3, 0.4) is 0 Å². The Labute approximate surface area is 114 Å². The molecular formula is C15H22N2O2. The lowest BCUT2D eigenvalue weighted by atomic mass is 9.86. The maximum atomic E-state index is 12.1. The number of nitrogen functional groups attached to an aromatic ring is 1. The van der Waals surface area contributed by atoms with E-state index in [1.165, 1.54) is 0 Å². The van der Waals surface area contributed by atoms with E-state index < -0.39 is 0 Å². The summed E-state index contributed by atoms with van der Waals surface area (Å²) in [5, 5.41) is 12.8.